The number of thioether (sulfide) groups is 2. The maximum absolute atomic E-state index is 11.1. The molecule has 108 valence electrons. The molecule has 0 bridgehead atoms. The Morgan fingerprint density at radius 1 is 0.895 bits per heavy atom. The van der Waals surface area contributed by atoms with Crippen LogP contribution in [0.5, 0.6) is 0 Å². The van der Waals surface area contributed by atoms with Crippen LogP contribution >= 0.6 is 23.5 Å². The Morgan fingerprint density at radius 3 is 1.58 bits per heavy atom. The maximum Gasteiger partial charge on any atom is 0.333 e. The second kappa shape index (κ2) is 11.0. The van der Waals surface area contributed by atoms with Gasteiger partial charge in [-0.3, -0.25) is 0 Å². The highest BCUT2D eigenvalue weighted by Gasteiger charge is 2.07. The molecule has 0 atom stereocenters. The molecule has 0 heterocycles. The summed E-state index contributed by atoms with van der Waals surface area (Å²) in [5, 5.41) is 0. The van der Waals surface area contributed by atoms with Crippen LogP contribution in [-0.4, -0.2) is 49.2 Å². The average Bonchev–Trinajstić information content (AvgIpc) is 2.43. The second-order valence-corrected chi connectivity index (χ2v) is 5.86. The van der Waals surface area contributed by atoms with Gasteiger partial charge < -0.3 is 9.47 Å². The number of ether oxygens (including phenoxy) is 2. The summed E-state index contributed by atoms with van der Waals surface area (Å²) in [4.78, 5) is 22.1. The van der Waals surface area contributed by atoms with E-state index in [1.807, 2.05) is 0 Å². The molecule has 0 amide bonds. The van der Waals surface area contributed by atoms with Crippen molar-refractivity contribution in [2.45, 2.75) is 6.42 Å². The maximum atomic E-state index is 11.1. The van der Waals surface area contributed by atoms with Crippen molar-refractivity contribution >= 4 is 35.5 Å². The molecule has 4 nitrogen and oxygen atoms in total. The first-order valence-electron chi connectivity index (χ1n) is 5.70. The molecule has 0 aromatic heterocycles. The summed E-state index contributed by atoms with van der Waals surface area (Å²) in [6.45, 7) is 7.30. The first-order chi connectivity index (χ1) is 9.02. The lowest BCUT2D eigenvalue weighted by Gasteiger charge is -2.05. The molecule has 0 unspecified atom stereocenters. The molecule has 0 aromatic carbocycles. The summed E-state index contributed by atoms with van der Waals surface area (Å²) in [7, 11) is 2.70. The topological polar surface area (TPSA) is 52.6 Å². The molecule has 0 rings (SSSR count). The smallest absolute Gasteiger partial charge is 0.333 e. The van der Waals surface area contributed by atoms with Crippen LogP contribution in [0.1, 0.15) is 6.42 Å². The molecule has 0 aliphatic rings. The summed E-state index contributed by atoms with van der Waals surface area (Å²) in [5.74, 6) is 2.35. The standard InChI is InChI=1S/C13H20O4S2/c1-10(12(14)16-3)8-18-6-5-7-19-9-11(2)13(15)17-4/h1-2,5-9H2,3-4H3. The van der Waals surface area contributed by atoms with Crippen LogP contribution in [0.2, 0.25) is 0 Å². The van der Waals surface area contributed by atoms with Crippen LogP contribution in [0.4, 0.5) is 0 Å². The Balaban J connectivity index is 3.46. The molecule has 0 aromatic rings. The van der Waals surface area contributed by atoms with Crippen molar-refractivity contribution in [2.24, 2.45) is 0 Å². The molecular formula is C13H20O4S2. The minimum Gasteiger partial charge on any atom is -0.466 e. The number of carbonyl (C=O) groups excluding carboxylic acids is 2. The molecule has 0 saturated heterocycles. The third-order valence-electron chi connectivity index (χ3n) is 2.08. The van der Waals surface area contributed by atoms with Gasteiger partial charge in [0, 0.05) is 22.7 Å². The zero-order valence-corrected chi connectivity index (χ0v) is 13.0. The minimum atomic E-state index is -0.351. The molecule has 0 N–H and O–H groups in total. The van der Waals surface area contributed by atoms with E-state index in [1.54, 1.807) is 23.5 Å². The van der Waals surface area contributed by atoms with E-state index in [0.29, 0.717) is 22.7 Å². The van der Waals surface area contributed by atoms with Gasteiger partial charge in [0.15, 0.2) is 0 Å². The fourth-order valence-electron chi connectivity index (χ4n) is 1.06. The molecule has 19 heavy (non-hydrogen) atoms. The second-order valence-electron chi connectivity index (χ2n) is 3.65. The Morgan fingerprint density at radius 2 is 1.26 bits per heavy atom. The Hall–Kier alpha value is -0.880. The van der Waals surface area contributed by atoms with Gasteiger partial charge in [-0.1, -0.05) is 13.2 Å². The first-order valence-corrected chi connectivity index (χ1v) is 8.01. The van der Waals surface area contributed by atoms with Crippen molar-refractivity contribution < 1.29 is 19.1 Å². The summed E-state index contributed by atoms with van der Waals surface area (Å²) in [6.07, 6.45) is 0.998. The van der Waals surface area contributed by atoms with Crippen LogP contribution < -0.4 is 0 Å². The monoisotopic (exact) mass is 304 g/mol. The number of carbonyl (C=O) groups is 2. The van der Waals surface area contributed by atoms with E-state index in [9.17, 15) is 9.59 Å². The first kappa shape index (κ1) is 18.1. The van der Waals surface area contributed by atoms with Crippen LogP contribution in [0.15, 0.2) is 24.3 Å². The van der Waals surface area contributed by atoms with Crippen LogP contribution in [0.3, 0.4) is 0 Å². The molecule has 0 saturated carbocycles. The lowest BCUT2D eigenvalue weighted by molar-refractivity contribution is -0.136. The normalized spacial score (nSPS) is 9.79. The van der Waals surface area contributed by atoms with Crippen molar-refractivity contribution in [3.05, 3.63) is 24.3 Å². The lowest BCUT2D eigenvalue weighted by Crippen LogP contribution is -2.06. The number of esters is 2. The van der Waals surface area contributed by atoms with Gasteiger partial charge >= 0.3 is 11.9 Å². The Labute approximate surface area is 123 Å². The molecule has 0 radical (unpaired) electrons. The summed E-state index contributed by atoms with van der Waals surface area (Å²) >= 11 is 3.29. The van der Waals surface area contributed by atoms with E-state index in [0.717, 1.165) is 17.9 Å². The van der Waals surface area contributed by atoms with Gasteiger partial charge in [0.1, 0.15) is 0 Å². The highest BCUT2D eigenvalue weighted by atomic mass is 32.2. The zero-order valence-electron chi connectivity index (χ0n) is 11.4. The van der Waals surface area contributed by atoms with Gasteiger partial charge in [0.2, 0.25) is 0 Å². The van der Waals surface area contributed by atoms with Gasteiger partial charge in [-0.05, 0) is 17.9 Å². The highest BCUT2D eigenvalue weighted by molar-refractivity contribution is 8.00. The van der Waals surface area contributed by atoms with E-state index >= 15 is 0 Å². The van der Waals surface area contributed by atoms with E-state index in [1.165, 1.54) is 14.2 Å². The van der Waals surface area contributed by atoms with Gasteiger partial charge in [0.25, 0.3) is 0 Å². The van der Waals surface area contributed by atoms with E-state index in [4.69, 9.17) is 0 Å². The van der Waals surface area contributed by atoms with Crippen molar-refractivity contribution in [1.29, 1.82) is 0 Å². The van der Waals surface area contributed by atoms with Crippen molar-refractivity contribution in [1.82, 2.24) is 0 Å². The number of hydrogen-bond acceptors (Lipinski definition) is 6. The van der Waals surface area contributed by atoms with E-state index in [-0.39, 0.29) is 11.9 Å². The average molecular weight is 304 g/mol. The van der Waals surface area contributed by atoms with Crippen LogP contribution in [0, 0.1) is 0 Å². The molecule has 0 fully saturated rings. The van der Waals surface area contributed by atoms with Gasteiger partial charge in [-0.15, -0.1) is 0 Å². The predicted octanol–water partition coefficient (Wildman–Crippen LogP) is 2.30. The van der Waals surface area contributed by atoms with Gasteiger partial charge in [-0.2, -0.15) is 23.5 Å². The van der Waals surface area contributed by atoms with Crippen molar-refractivity contribution in [2.75, 3.05) is 37.2 Å². The van der Waals surface area contributed by atoms with Crippen molar-refractivity contribution in [3.8, 4) is 0 Å². The number of hydrogen-bond donors (Lipinski definition) is 0. The third kappa shape index (κ3) is 8.77. The van der Waals surface area contributed by atoms with Crippen LogP contribution in [-0.2, 0) is 19.1 Å². The molecule has 0 aliphatic carbocycles. The third-order valence-corrected chi connectivity index (χ3v) is 4.34. The molecule has 0 aliphatic heterocycles. The van der Waals surface area contributed by atoms with Gasteiger partial charge in [0.05, 0.1) is 14.2 Å². The summed E-state index contributed by atoms with van der Waals surface area (Å²) < 4.78 is 9.12. The van der Waals surface area contributed by atoms with Crippen LogP contribution in [0.25, 0.3) is 0 Å². The molecule has 6 heteroatoms. The number of methoxy groups -OCH3 is 2. The predicted molar refractivity (Wildman–Crippen MR) is 81.6 cm³/mol. The fraction of sp³-hybridized carbons (Fsp3) is 0.538. The summed E-state index contributed by atoms with van der Waals surface area (Å²) in [6, 6.07) is 0. The minimum absolute atomic E-state index is 0.351. The van der Waals surface area contributed by atoms with Gasteiger partial charge in [-0.25, -0.2) is 9.59 Å². The van der Waals surface area contributed by atoms with E-state index in [2.05, 4.69) is 22.6 Å². The highest BCUT2D eigenvalue weighted by Crippen LogP contribution is 2.13. The lowest BCUT2D eigenvalue weighted by atomic mass is 10.4. The zero-order chi connectivity index (χ0) is 14.7. The Kier molecular flexibility index (Phi) is 10.5. The fourth-order valence-corrected chi connectivity index (χ4v) is 2.96. The molecular weight excluding hydrogens is 284 g/mol. The Bertz CT molecular complexity index is 308. The van der Waals surface area contributed by atoms with Crippen molar-refractivity contribution in [3.63, 3.8) is 0 Å². The van der Waals surface area contributed by atoms with E-state index < -0.39 is 0 Å². The SMILES string of the molecule is C=C(CSCCCSCC(=C)C(=O)OC)C(=O)OC. The quantitative estimate of drug-likeness (QED) is 0.351. The summed E-state index contributed by atoms with van der Waals surface area (Å²) in [5.41, 5.74) is 0.971. The largest absolute Gasteiger partial charge is 0.466 e. The number of rotatable bonds is 10. The molecule has 0 spiro atoms.